The van der Waals surface area contributed by atoms with Crippen LogP contribution in [0.25, 0.3) is 0 Å². The maximum Gasteiger partial charge on any atom is 0.256 e. The molecule has 0 bridgehead atoms. The van der Waals surface area contributed by atoms with Crippen molar-refractivity contribution in [1.82, 2.24) is 4.90 Å². The van der Waals surface area contributed by atoms with Crippen LogP contribution in [0.4, 0.5) is 5.69 Å². The fourth-order valence-corrected chi connectivity index (χ4v) is 6.64. The van der Waals surface area contributed by atoms with Crippen LogP contribution in [0.1, 0.15) is 35.4 Å². The van der Waals surface area contributed by atoms with Crippen LogP contribution in [0.15, 0.2) is 77.3 Å². The number of hydrogen-bond acceptors (Lipinski definition) is 5. The predicted octanol–water partition coefficient (Wildman–Crippen LogP) is 5.08. The largest absolute Gasteiger partial charge is 0.489 e. The van der Waals surface area contributed by atoms with Crippen molar-refractivity contribution in [3.8, 4) is 5.75 Å². The fraction of sp³-hybridized carbons (Fsp3) is 0.296. The minimum Gasteiger partial charge on any atom is -0.489 e. The highest BCUT2D eigenvalue weighted by molar-refractivity contribution is 9.10. The second-order valence-electron chi connectivity index (χ2n) is 9.38. The molecule has 3 heterocycles. The Kier molecular flexibility index (Phi) is 5.38. The zero-order valence-corrected chi connectivity index (χ0v) is 20.5. The van der Waals surface area contributed by atoms with E-state index in [0.717, 1.165) is 28.4 Å². The van der Waals surface area contributed by atoms with Gasteiger partial charge in [-0.3, -0.25) is 19.8 Å². The number of carbonyl (C=O) groups is 1. The summed E-state index contributed by atoms with van der Waals surface area (Å²) in [5.41, 5.74) is 1.83. The molecule has 6 rings (SSSR count). The summed E-state index contributed by atoms with van der Waals surface area (Å²) in [5, 5.41) is 15.8. The van der Waals surface area contributed by atoms with Crippen molar-refractivity contribution in [2.45, 2.75) is 43.0 Å². The molecule has 1 amide bonds. The number of rotatable bonds is 5. The van der Waals surface area contributed by atoms with E-state index in [4.69, 9.17) is 4.74 Å². The van der Waals surface area contributed by atoms with E-state index < -0.39 is 17.5 Å². The van der Waals surface area contributed by atoms with Gasteiger partial charge in [0.05, 0.1) is 5.92 Å². The van der Waals surface area contributed by atoms with Gasteiger partial charge in [-0.1, -0.05) is 64.5 Å². The van der Waals surface area contributed by atoms with Crippen molar-refractivity contribution in [2.75, 3.05) is 11.9 Å². The summed E-state index contributed by atoms with van der Waals surface area (Å²) in [6, 6.07) is 21.6. The van der Waals surface area contributed by atoms with Gasteiger partial charge in [-0.05, 0) is 42.7 Å². The summed E-state index contributed by atoms with van der Waals surface area (Å²) in [6.45, 7) is 0.998. The zero-order valence-electron chi connectivity index (χ0n) is 18.9. The zero-order chi connectivity index (χ0) is 24.2. The number of amides is 1. The van der Waals surface area contributed by atoms with Gasteiger partial charge >= 0.3 is 0 Å². The van der Waals surface area contributed by atoms with Crippen LogP contribution in [-0.2, 0) is 16.9 Å². The maximum absolute atomic E-state index is 13.6. The molecule has 0 unspecified atom stereocenters. The van der Waals surface area contributed by atoms with Crippen LogP contribution in [0.5, 0.6) is 5.75 Å². The van der Waals surface area contributed by atoms with Crippen LogP contribution in [-0.4, -0.2) is 34.4 Å². The first kappa shape index (κ1) is 22.2. The number of para-hydroxylation sites is 2. The van der Waals surface area contributed by atoms with Gasteiger partial charge < -0.3 is 10.1 Å². The minimum atomic E-state index is -1.33. The van der Waals surface area contributed by atoms with Gasteiger partial charge in [0.25, 0.3) is 11.9 Å². The monoisotopic (exact) mass is 533 g/mol. The average molecular weight is 534 g/mol. The molecule has 4 atom stereocenters. The first-order valence-corrected chi connectivity index (χ1v) is 12.6. The molecule has 0 saturated carbocycles. The second-order valence-corrected chi connectivity index (χ2v) is 10.3. The van der Waals surface area contributed by atoms with E-state index in [-0.39, 0.29) is 16.9 Å². The quantitative estimate of drug-likeness (QED) is 0.365. The predicted molar refractivity (Wildman–Crippen MR) is 135 cm³/mol. The van der Waals surface area contributed by atoms with Crippen LogP contribution in [0.3, 0.4) is 0 Å². The Bertz CT molecular complexity index is 1310. The fourth-order valence-electron chi connectivity index (χ4n) is 6.38. The van der Waals surface area contributed by atoms with Gasteiger partial charge in [0.2, 0.25) is 0 Å². The lowest BCUT2D eigenvalue weighted by atomic mass is 9.77. The molecule has 3 aromatic carbocycles. The van der Waals surface area contributed by atoms with Crippen LogP contribution < -0.4 is 10.1 Å². The number of ether oxygens (including phenoxy) is 1. The molecule has 2 saturated heterocycles. The van der Waals surface area contributed by atoms with Crippen molar-refractivity contribution in [2.24, 2.45) is 0 Å². The standard InChI is InChI=1S/C27H24BrN3O4/c28-18-13-11-17(12-14-18)16-35-23-10-4-1-6-19(23)24-22-9-5-15-30(22)27(25(24)31(33)34)20-7-2-3-8-21(20)29-26(27)32/h1-4,6-8,10-14,22,24-25H,5,9,15-16H2,(H,29,32)/t22-,24+,25-,27+/m1/s1. The topological polar surface area (TPSA) is 84.7 Å². The number of nitro groups is 1. The summed E-state index contributed by atoms with van der Waals surface area (Å²) in [5.74, 6) is -0.156. The molecule has 2 fully saturated rings. The first-order valence-electron chi connectivity index (χ1n) is 11.8. The van der Waals surface area contributed by atoms with Crippen molar-refractivity contribution in [3.63, 3.8) is 0 Å². The Labute approximate surface area is 211 Å². The molecule has 8 heteroatoms. The van der Waals surface area contributed by atoms with Gasteiger partial charge in [0.15, 0.2) is 5.54 Å². The summed E-state index contributed by atoms with van der Waals surface area (Å²) < 4.78 is 7.23. The van der Waals surface area contributed by atoms with Gasteiger partial charge in [0, 0.05) is 38.8 Å². The van der Waals surface area contributed by atoms with Crippen molar-refractivity contribution in [3.05, 3.63) is 104 Å². The van der Waals surface area contributed by atoms with Gasteiger partial charge in [-0.2, -0.15) is 0 Å². The number of fused-ring (bicyclic) bond motifs is 4. The average Bonchev–Trinajstić information content (AvgIpc) is 3.52. The molecule has 35 heavy (non-hydrogen) atoms. The summed E-state index contributed by atoms with van der Waals surface area (Å²) in [4.78, 5) is 28.3. The molecule has 0 radical (unpaired) electrons. The number of benzene rings is 3. The Morgan fingerprint density at radius 3 is 2.63 bits per heavy atom. The van der Waals surface area contributed by atoms with E-state index in [0.29, 0.717) is 30.2 Å². The molecule has 3 aromatic rings. The highest BCUT2D eigenvalue weighted by atomic mass is 79.9. The number of halogens is 1. The molecule has 1 spiro atoms. The molecule has 0 aromatic heterocycles. The SMILES string of the molecule is O=C1Nc2ccccc2[C@]12[C@H]([N+](=O)[O-])[C@@H](c1ccccc1OCc1ccc(Br)cc1)[C@H]1CCCN12. The number of nitrogens with one attached hydrogen (secondary N) is 1. The van der Waals surface area contributed by atoms with Gasteiger partial charge in [0.1, 0.15) is 12.4 Å². The third kappa shape index (κ3) is 3.31. The van der Waals surface area contributed by atoms with Crippen molar-refractivity contribution < 1.29 is 14.5 Å². The van der Waals surface area contributed by atoms with Gasteiger partial charge in [-0.25, -0.2) is 0 Å². The summed E-state index contributed by atoms with van der Waals surface area (Å²) in [7, 11) is 0. The third-order valence-corrected chi connectivity index (χ3v) is 8.21. The third-order valence-electron chi connectivity index (χ3n) is 7.68. The Morgan fingerprint density at radius 2 is 1.83 bits per heavy atom. The molecule has 3 aliphatic heterocycles. The van der Waals surface area contributed by atoms with E-state index in [9.17, 15) is 14.9 Å². The van der Waals surface area contributed by atoms with Crippen LogP contribution in [0.2, 0.25) is 0 Å². The van der Waals surface area contributed by atoms with Gasteiger partial charge in [-0.15, -0.1) is 0 Å². The molecule has 178 valence electrons. The van der Waals surface area contributed by atoms with E-state index >= 15 is 0 Å². The van der Waals surface area contributed by atoms with Crippen LogP contribution in [0, 0.1) is 10.1 Å². The van der Waals surface area contributed by atoms with E-state index in [1.807, 2.05) is 72.8 Å². The Balaban J connectivity index is 1.45. The smallest absolute Gasteiger partial charge is 0.256 e. The van der Waals surface area contributed by atoms with E-state index in [1.54, 1.807) is 0 Å². The molecular formula is C27H24BrN3O4. The number of nitrogens with zero attached hydrogens (tertiary/aromatic N) is 2. The van der Waals surface area contributed by atoms with Crippen molar-refractivity contribution >= 4 is 27.5 Å². The second kappa shape index (κ2) is 8.46. The summed E-state index contributed by atoms with van der Waals surface area (Å²) >= 11 is 3.45. The lowest BCUT2D eigenvalue weighted by Crippen LogP contribution is -2.55. The number of hydrogen-bond donors (Lipinski definition) is 1. The maximum atomic E-state index is 13.6. The van der Waals surface area contributed by atoms with E-state index in [1.165, 1.54) is 0 Å². The Morgan fingerprint density at radius 1 is 1.09 bits per heavy atom. The molecule has 1 N–H and O–H groups in total. The summed E-state index contributed by atoms with van der Waals surface area (Å²) in [6.07, 6.45) is 1.69. The highest BCUT2D eigenvalue weighted by Crippen LogP contribution is 2.58. The lowest BCUT2D eigenvalue weighted by molar-refractivity contribution is -0.534. The number of carbonyl (C=O) groups excluding carboxylic acids is 1. The number of anilines is 1. The molecule has 7 nitrogen and oxygen atoms in total. The normalized spacial score (nSPS) is 27.0. The van der Waals surface area contributed by atoms with Crippen molar-refractivity contribution in [1.29, 1.82) is 0 Å². The molecule has 3 aliphatic rings. The Hall–Kier alpha value is -3.23. The molecule has 0 aliphatic carbocycles. The van der Waals surface area contributed by atoms with Crippen LogP contribution >= 0.6 is 15.9 Å². The minimum absolute atomic E-state index is 0.125. The first-order chi connectivity index (χ1) is 17.0. The van der Waals surface area contributed by atoms with E-state index in [2.05, 4.69) is 26.1 Å². The molecular weight excluding hydrogens is 510 g/mol. The lowest BCUT2D eigenvalue weighted by Gasteiger charge is -2.32. The highest BCUT2D eigenvalue weighted by Gasteiger charge is 2.73.